The van der Waals surface area contributed by atoms with E-state index < -0.39 is 10.0 Å². The van der Waals surface area contributed by atoms with Crippen molar-refractivity contribution < 1.29 is 12.9 Å². The number of rotatable bonds is 4. The normalized spacial score (nSPS) is 12.1. The second-order valence-corrected chi connectivity index (χ2v) is 7.53. The lowest BCUT2D eigenvalue weighted by Gasteiger charge is -2.17. The molecule has 0 aliphatic rings. The fourth-order valence-electron chi connectivity index (χ4n) is 1.81. The van der Waals surface area contributed by atoms with Gasteiger partial charge in [0.2, 0.25) is 10.0 Å². The molecular formula is C13H15BrN2O3S. The van der Waals surface area contributed by atoms with Crippen LogP contribution >= 0.6 is 15.9 Å². The predicted octanol–water partition coefficient (Wildman–Crippen LogP) is 2.87. The summed E-state index contributed by atoms with van der Waals surface area (Å²) in [4.78, 5) is 0.283. The van der Waals surface area contributed by atoms with Crippen molar-refractivity contribution in [3.05, 3.63) is 45.8 Å². The summed E-state index contributed by atoms with van der Waals surface area (Å²) in [6, 6.07) is 6.91. The number of nitrogens with zero attached hydrogens (tertiary/aromatic N) is 2. The zero-order chi connectivity index (χ0) is 14.9. The van der Waals surface area contributed by atoms with E-state index in [1.54, 1.807) is 32.0 Å². The molecular weight excluding hydrogens is 344 g/mol. The molecule has 2 aromatic rings. The van der Waals surface area contributed by atoms with Crippen LogP contribution in [0.2, 0.25) is 0 Å². The molecule has 0 aliphatic carbocycles. The fraction of sp³-hybridized carbons (Fsp3) is 0.308. The Morgan fingerprint density at radius 3 is 2.60 bits per heavy atom. The Balaban J connectivity index is 2.32. The molecule has 0 aliphatic heterocycles. The van der Waals surface area contributed by atoms with E-state index in [9.17, 15) is 8.42 Å². The molecule has 0 bridgehead atoms. The van der Waals surface area contributed by atoms with Gasteiger partial charge in [0.1, 0.15) is 0 Å². The molecule has 1 heterocycles. The lowest BCUT2D eigenvalue weighted by molar-refractivity contribution is 0.341. The van der Waals surface area contributed by atoms with Crippen LogP contribution in [-0.4, -0.2) is 24.9 Å². The Hall–Kier alpha value is -1.18. The van der Waals surface area contributed by atoms with Crippen molar-refractivity contribution >= 4 is 26.0 Å². The first-order chi connectivity index (χ1) is 9.30. The summed E-state index contributed by atoms with van der Waals surface area (Å²) >= 11 is 3.30. The maximum absolute atomic E-state index is 12.6. The van der Waals surface area contributed by atoms with Gasteiger partial charge in [0.25, 0.3) is 0 Å². The second-order valence-electron chi connectivity index (χ2n) is 4.61. The van der Waals surface area contributed by atoms with Crippen LogP contribution in [0.15, 0.2) is 38.2 Å². The van der Waals surface area contributed by atoms with Crippen molar-refractivity contribution in [2.75, 3.05) is 7.05 Å². The molecule has 0 fully saturated rings. The van der Waals surface area contributed by atoms with Gasteiger partial charge in [-0.3, -0.25) is 0 Å². The number of aromatic nitrogens is 1. The molecule has 0 saturated heterocycles. The lowest BCUT2D eigenvalue weighted by atomic mass is 10.2. The van der Waals surface area contributed by atoms with E-state index in [4.69, 9.17) is 4.52 Å². The molecule has 7 heteroatoms. The smallest absolute Gasteiger partial charge is 0.243 e. The highest BCUT2D eigenvalue weighted by molar-refractivity contribution is 9.10. The summed E-state index contributed by atoms with van der Waals surface area (Å²) in [5.41, 5.74) is 1.43. The maximum atomic E-state index is 12.6. The number of hydrogen-bond acceptors (Lipinski definition) is 4. The first kappa shape index (κ1) is 15.2. The van der Waals surface area contributed by atoms with E-state index >= 15 is 0 Å². The van der Waals surface area contributed by atoms with E-state index in [0.29, 0.717) is 11.3 Å². The van der Waals surface area contributed by atoms with Gasteiger partial charge in [0.05, 0.1) is 17.1 Å². The SMILES string of the molecule is Cc1cc(CN(C)S(=O)(=O)c2cc(Br)ccc2C)on1. The van der Waals surface area contributed by atoms with Gasteiger partial charge in [0.15, 0.2) is 5.76 Å². The van der Waals surface area contributed by atoms with Gasteiger partial charge in [-0.05, 0) is 31.5 Å². The summed E-state index contributed by atoms with van der Waals surface area (Å²) in [5.74, 6) is 0.515. The maximum Gasteiger partial charge on any atom is 0.243 e. The monoisotopic (exact) mass is 358 g/mol. The summed E-state index contributed by atoms with van der Waals surface area (Å²) < 4.78 is 32.2. The molecule has 0 N–H and O–H groups in total. The van der Waals surface area contributed by atoms with Crippen LogP contribution < -0.4 is 0 Å². The van der Waals surface area contributed by atoms with Crippen molar-refractivity contribution in [3.63, 3.8) is 0 Å². The van der Waals surface area contributed by atoms with Gasteiger partial charge in [-0.25, -0.2) is 8.42 Å². The molecule has 5 nitrogen and oxygen atoms in total. The van der Waals surface area contributed by atoms with Crippen molar-refractivity contribution in [2.45, 2.75) is 25.3 Å². The van der Waals surface area contributed by atoms with Crippen LogP contribution in [0.5, 0.6) is 0 Å². The van der Waals surface area contributed by atoms with E-state index in [2.05, 4.69) is 21.1 Å². The number of aryl methyl sites for hydroxylation is 2. The number of benzene rings is 1. The van der Waals surface area contributed by atoms with E-state index in [1.807, 2.05) is 6.07 Å². The first-order valence-corrected chi connectivity index (χ1v) is 8.18. The molecule has 0 spiro atoms. The van der Waals surface area contributed by atoms with Gasteiger partial charge in [0, 0.05) is 17.6 Å². The lowest BCUT2D eigenvalue weighted by Crippen LogP contribution is -2.27. The summed E-state index contributed by atoms with van der Waals surface area (Å²) in [5, 5.41) is 3.75. The van der Waals surface area contributed by atoms with Crippen LogP contribution in [0.4, 0.5) is 0 Å². The molecule has 0 unspecified atom stereocenters. The fourth-order valence-corrected chi connectivity index (χ4v) is 3.71. The van der Waals surface area contributed by atoms with Crippen LogP contribution in [0.25, 0.3) is 0 Å². The topological polar surface area (TPSA) is 63.4 Å². The van der Waals surface area contributed by atoms with E-state index in [0.717, 1.165) is 10.2 Å². The van der Waals surface area contributed by atoms with E-state index in [1.165, 1.54) is 11.4 Å². The van der Waals surface area contributed by atoms with Crippen molar-refractivity contribution in [2.24, 2.45) is 0 Å². The number of halogens is 1. The minimum Gasteiger partial charge on any atom is -0.360 e. The van der Waals surface area contributed by atoms with Gasteiger partial charge in [-0.1, -0.05) is 27.2 Å². The van der Waals surface area contributed by atoms with Crippen molar-refractivity contribution in [3.8, 4) is 0 Å². The largest absolute Gasteiger partial charge is 0.360 e. The number of sulfonamides is 1. The highest BCUT2D eigenvalue weighted by Gasteiger charge is 2.24. The van der Waals surface area contributed by atoms with E-state index in [-0.39, 0.29) is 11.4 Å². The standard InChI is InChI=1S/C13H15BrN2O3S/c1-9-4-5-11(14)7-13(9)20(17,18)16(3)8-12-6-10(2)15-19-12/h4-7H,8H2,1-3H3. The van der Waals surface area contributed by atoms with Gasteiger partial charge < -0.3 is 4.52 Å². The molecule has 2 rings (SSSR count). The van der Waals surface area contributed by atoms with Gasteiger partial charge >= 0.3 is 0 Å². The van der Waals surface area contributed by atoms with Gasteiger partial charge in [-0.2, -0.15) is 4.31 Å². The molecule has 1 aromatic heterocycles. The van der Waals surface area contributed by atoms with Crippen LogP contribution in [0, 0.1) is 13.8 Å². The minimum absolute atomic E-state index is 0.148. The van der Waals surface area contributed by atoms with Crippen molar-refractivity contribution in [1.82, 2.24) is 9.46 Å². The molecule has 108 valence electrons. The summed E-state index contributed by atoms with van der Waals surface area (Å²) in [6.07, 6.45) is 0. The Labute approximate surface area is 126 Å². The predicted molar refractivity (Wildman–Crippen MR) is 78.8 cm³/mol. The third-order valence-electron chi connectivity index (χ3n) is 2.89. The minimum atomic E-state index is -3.57. The van der Waals surface area contributed by atoms with Crippen LogP contribution in [0.3, 0.4) is 0 Å². The van der Waals surface area contributed by atoms with Crippen molar-refractivity contribution in [1.29, 1.82) is 0 Å². The molecule has 0 amide bonds. The molecule has 0 radical (unpaired) electrons. The molecule has 0 atom stereocenters. The first-order valence-electron chi connectivity index (χ1n) is 5.95. The third kappa shape index (κ3) is 3.11. The quantitative estimate of drug-likeness (QED) is 0.842. The molecule has 1 aromatic carbocycles. The Bertz CT molecular complexity index is 725. The van der Waals surface area contributed by atoms with Gasteiger partial charge in [-0.15, -0.1) is 0 Å². The Morgan fingerprint density at radius 1 is 1.30 bits per heavy atom. The highest BCUT2D eigenvalue weighted by atomic mass is 79.9. The zero-order valence-electron chi connectivity index (χ0n) is 11.4. The zero-order valence-corrected chi connectivity index (χ0v) is 13.8. The average molecular weight is 359 g/mol. The van der Waals surface area contributed by atoms with Crippen LogP contribution in [-0.2, 0) is 16.6 Å². The highest BCUT2D eigenvalue weighted by Crippen LogP contribution is 2.24. The summed E-state index contributed by atoms with van der Waals surface area (Å²) in [6.45, 7) is 3.71. The van der Waals surface area contributed by atoms with Crippen LogP contribution in [0.1, 0.15) is 17.0 Å². The summed E-state index contributed by atoms with van der Waals surface area (Å²) in [7, 11) is -2.04. The third-order valence-corrected chi connectivity index (χ3v) is 5.33. The Kier molecular flexibility index (Phi) is 4.31. The second kappa shape index (κ2) is 5.67. The average Bonchev–Trinajstić information content (AvgIpc) is 2.77. The Morgan fingerprint density at radius 2 is 2.00 bits per heavy atom. The number of hydrogen-bond donors (Lipinski definition) is 0. The molecule has 20 heavy (non-hydrogen) atoms. The molecule has 0 saturated carbocycles.